The fraction of sp³-hybridized carbons (Fsp3) is 0.320. The fourth-order valence-corrected chi connectivity index (χ4v) is 4.27. The average Bonchev–Trinajstić information content (AvgIpc) is 3.32. The second kappa shape index (κ2) is 14.4. The van der Waals surface area contributed by atoms with E-state index >= 15 is 0 Å². The summed E-state index contributed by atoms with van der Waals surface area (Å²) in [6.45, 7) is 1.85. The number of halogens is 4. The molecule has 1 aromatic carbocycles. The summed E-state index contributed by atoms with van der Waals surface area (Å²) < 4.78 is 55.5. The Morgan fingerprint density at radius 2 is 1.98 bits per heavy atom. The van der Waals surface area contributed by atoms with Crippen LogP contribution in [0.1, 0.15) is 28.1 Å². The minimum atomic E-state index is -4.84. The van der Waals surface area contributed by atoms with E-state index in [9.17, 15) is 27.2 Å². The molecule has 0 saturated heterocycles. The maximum atomic E-state index is 14.5. The Bertz CT molecular complexity index is 1370. The zero-order valence-corrected chi connectivity index (χ0v) is 22.6. The summed E-state index contributed by atoms with van der Waals surface area (Å²) in [4.78, 5) is 28.5. The van der Waals surface area contributed by atoms with E-state index in [1.165, 1.54) is 12.1 Å². The number of nitrogens with one attached hydrogen (secondary N) is 2. The molecule has 1 atom stereocenters. The topological polar surface area (TPSA) is 161 Å². The summed E-state index contributed by atoms with van der Waals surface area (Å²) in [5, 5.41) is 14.5. The highest BCUT2D eigenvalue weighted by Gasteiger charge is 2.31. The van der Waals surface area contributed by atoms with Crippen molar-refractivity contribution in [3.8, 4) is 5.75 Å². The van der Waals surface area contributed by atoms with Crippen LogP contribution in [0.15, 0.2) is 54.6 Å². The number of pyridine rings is 1. The first-order valence-corrected chi connectivity index (χ1v) is 13.0. The van der Waals surface area contributed by atoms with Crippen LogP contribution in [0.4, 0.5) is 22.7 Å². The van der Waals surface area contributed by atoms with Gasteiger partial charge in [-0.25, -0.2) is 10.2 Å². The second-order valence-electron chi connectivity index (χ2n) is 8.89. The highest BCUT2D eigenvalue weighted by molar-refractivity contribution is 7.15. The van der Waals surface area contributed by atoms with E-state index in [1.54, 1.807) is 12.4 Å². The zero-order valence-electron chi connectivity index (χ0n) is 21.8. The molecule has 0 fully saturated rings. The van der Waals surface area contributed by atoms with Gasteiger partial charge in [0.2, 0.25) is 11.0 Å². The minimum Gasteiger partial charge on any atom is -0.406 e. The molecule has 220 valence electrons. The Balaban J connectivity index is 1.40. The van der Waals surface area contributed by atoms with Crippen LogP contribution in [0.2, 0.25) is 0 Å². The predicted octanol–water partition coefficient (Wildman–Crippen LogP) is 2.88. The van der Waals surface area contributed by atoms with Crippen molar-refractivity contribution in [2.75, 3.05) is 11.9 Å². The quantitative estimate of drug-likeness (QED) is 0.101. The number of carbonyl (C=O) groups is 2. The van der Waals surface area contributed by atoms with Crippen molar-refractivity contribution < 1.29 is 31.9 Å². The summed E-state index contributed by atoms with van der Waals surface area (Å²) in [5.74, 6) is 4.26. The van der Waals surface area contributed by atoms with Crippen molar-refractivity contribution in [1.29, 1.82) is 0 Å². The van der Waals surface area contributed by atoms with Crippen molar-refractivity contribution in [3.05, 3.63) is 76.3 Å². The molecule has 0 aliphatic heterocycles. The standard InChI is InChI=1S/C25H28F4N8O3S/c1-15-7-17(11-32-10-15)12-33-23(39)20(30)14-37(31)13-18(26)5-6-22-35-36-24(41-22)34-21(38)9-16-3-2-4-19(8-16)40-25(27,28)29/h2-4,7-8,10-11,14,18H,5-6,9,12-13,30-31H2,1H3,(H,33,39)(H,34,36,38)/b20-14-. The molecule has 0 radical (unpaired) electrons. The van der Waals surface area contributed by atoms with Gasteiger partial charge in [0.1, 0.15) is 22.6 Å². The largest absolute Gasteiger partial charge is 0.573 e. The molecule has 0 aliphatic rings. The van der Waals surface area contributed by atoms with E-state index < -0.39 is 30.1 Å². The Hall–Kier alpha value is -4.31. The number of hydrogen-bond donors (Lipinski definition) is 4. The van der Waals surface area contributed by atoms with Gasteiger partial charge in [0.15, 0.2) is 0 Å². The third kappa shape index (κ3) is 11.4. The molecule has 41 heavy (non-hydrogen) atoms. The lowest BCUT2D eigenvalue weighted by molar-refractivity contribution is -0.274. The van der Waals surface area contributed by atoms with Gasteiger partial charge in [0.25, 0.3) is 5.91 Å². The molecule has 2 amide bonds. The number of alkyl halides is 4. The number of carbonyl (C=O) groups excluding carboxylic acids is 2. The van der Waals surface area contributed by atoms with Crippen LogP contribution in [0.25, 0.3) is 0 Å². The number of rotatable bonds is 13. The molecule has 3 aromatic rings. The lowest BCUT2D eigenvalue weighted by atomic mass is 10.1. The first-order valence-electron chi connectivity index (χ1n) is 12.1. The number of nitrogens with two attached hydrogens (primary N) is 2. The maximum absolute atomic E-state index is 14.5. The van der Waals surface area contributed by atoms with Crippen molar-refractivity contribution in [2.45, 2.75) is 45.3 Å². The lowest BCUT2D eigenvalue weighted by Gasteiger charge is -2.17. The fourth-order valence-electron chi connectivity index (χ4n) is 3.50. The zero-order chi connectivity index (χ0) is 30.0. The lowest BCUT2D eigenvalue weighted by Crippen LogP contribution is -2.36. The van der Waals surface area contributed by atoms with Gasteiger partial charge in [-0.2, -0.15) is 0 Å². The normalized spacial score (nSPS) is 12.5. The number of benzene rings is 1. The van der Waals surface area contributed by atoms with Gasteiger partial charge in [-0.15, -0.1) is 23.4 Å². The van der Waals surface area contributed by atoms with E-state index in [-0.39, 0.29) is 43.2 Å². The molecule has 6 N–H and O–H groups in total. The van der Waals surface area contributed by atoms with E-state index in [2.05, 4.69) is 30.6 Å². The Morgan fingerprint density at radius 1 is 1.20 bits per heavy atom. The van der Waals surface area contributed by atoms with E-state index in [4.69, 9.17) is 11.6 Å². The Morgan fingerprint density at radius 3 is 2.71 bits per heavy atom. The smallest absolute Gasteiger partial charge is 0.406 e. The number of hydrogen-bond acceptors (Lipinski definition) is 10. The second-order valence-corrected chi connectivity index (χ2v) is 9.95. The van der Waals surface area contributed by atoms with Crippen molar-refractivity contribution in [3.63, 3.8) is 0 Å². The highest BCUT2D eigenvalue weighted by Crippen LogP contribution is 2.24. The number of anilines is 1. The van der Waals surface area contributed by atoms with Crippen LogP contribution in [-0.4, -0.2) is 51.1 Å². The molecule has 0 aliphatic carbocycles. The summed E-state index contributed by atoms with van der Waals surface area (Å²) in [5.41, 5.74) is 7.61. The van der Waals surface area contributed by atoms with Crippen LogP contribution in [0.5, 0.6) is 5.75 Å². The molecule has 3 rings (SSSR count). The molecule has 0 saturated carbocycles. The molecule has 2 aromatic heterocycles. The highest BCUT2D eigenvalue weighted by atomic mass is 32.1. The SMILES string of the molecule is Cc1cncc(CNC(=O)/C(N)=C/N(N)CC(F)CCc2nnc(NC(=O)Cc3cccc(OC(F)(F)F)c3)s2)c1. The molecule has 0 bridgehead atoms. The van der Waals surface area contributed by atoms with Gasteiger partial charge in [-0.1, -0.05) is 29.5 Å². The number of nitrogens with zero attached hydrogens (tertiary/aromatic N) is 4. The number of aryl methyl sites for hydroxylation is 2. The molecule has 16 heteroatoms. The average molecular weight is 597 g/mol. The van der Waals surface area contributed by atoms with Crippen molar-refractivity contribution >= 4 is 28.3 Å². The van der Waals surface area contributed by atoms with Gasteiger partial charge in [-0.05, 0) is 42.2 Å². The number of hydrazine groups is 1. The Labute approximate surface area is 236 Å². The van der Waals surface area contributed by atoms with Crippen LogP contribution in [0, 0.1) is 6.92 Å². The first kappa shape index (κ1) is 31.2. The molecule has 0 spiro atoms. The molecular weight excluding hydrogens is 568 g/mol. The maximum Gasteiger partial charge on any atom is 0.573 e. The van der Waals surface area contributed by atoms with Gasteiger partial charge >= 0.3 is 6.36 Å². The van der Waals surface area contributed by atoms with Crippen molar-refractivity contribution in [1.82, 2.24) is 25.5 Å². The van der Waals surface area contributed by atoms with Gasteiger partial charge in [0, 0.05) is 31.6 Å². The predicted molar refractivity (Wildman–Crippen MR) is 143 cm³/mol. The minimum absolute atomic E-state index is 0.0303. The number of amides is 2. The number of ether oxygens (including phenoxy) is 1. The third-order valence-corrected chi connectivity index (χ3v) is 6.14. The van der Waals surface area contributed by atoms with E-state index in [0.717, 1.165) is 45.8 Å². The van der Waals surface area contributed by atoms with Crippen LogP contribution >= 0.6 is 11.3 Å². The summed E-state index contributed by atoms with van der Waals surface area (Å²) in [6.07, 6.45) is -1.78. The van der Waals surface area contributed by atoms with Crippen LogP contribution in [-0.2, 0) is 29.0 Å². The Kier molecular flexibility index (Phi) is 10.9. The summed E-state index contributed by atoms with van der Waals surface area (Å²) >= 11 is 1.03. The third-order valence-electron chi connectivity index (χ3n) is 5.24. The first-order chi connectivity index (χ1) is 19.4. The summed E-state index contributed by atoms with van der Waals surface area (Å²) in [6, 6.07) is 6.92. The van der Waals surface area contributed by atoms with Crippen LogP contribution in [0.3, 0.4) is 0 Å². The van der Waals surface area contributed by atoms with Crippen LogP contribution < -0.4 is 26.9 Å². The van der Waals surface area contributed by atoms with E-state index in [0.29, 0.717) is 10.6 Å². The summed E-state index contributed by atoms with van der Waals surface area (Å²) in [7, 11) is 0. The number of aromatic nitrogens is 3. The molecular formula is C25H28F4N8O3S. The van der Waals surface area contributed by atoms with Gasteiger partial charge < -0.3 is 26.1 Å². The molecule has 2 heterocycles. The van der Waals surface area contributed by atoms with Gasteiger partial charge in [0.05, 0.1) is 13.0 Å². The monoisotopic (exact) mass is 596 g/mol. The van der Waals surface area contributed by atoms with E-state index in [1.807, 2.05) is 13.0 Å². The molecule has 1 unspecified atom stereocenters. The molecule has 11 nitrogen and oxygen atoms in total. The van der Waals surface area contributed by atoms with Crippen molar-refractivity contribution in [2.24, 2.45) is 11.6 Å². The van der Waals surface area contributed by atoms with Gasteiger partial charge in [-0.3, -0.25) is 14.6 Å².